The number of thiophene rings is 1. The molecule has 13 heavy (non-hydrogen) atoms. The number of rotatable bonds is 2. The van der Waals surface area contributed by atoms with Crippen LogP contribution in [0.1, 0.15) is 19.8 Å². The average molecular weight is 366 g/mol. The normalized spacial score (nSPS) is 6.38. The van der Waals surface area contributed by atoms with Crippen molar-refractivity contribution in [3.63, 3.8) is 0 Å². The van der Waals surface area contributed by atoms with Crippen molar-refractivity contribution in [3.8, 4) is 0 Å². The summed E-state index contributed by atoms with van der Waals surface area (Å²) in [6.45, 7) is 2.23. The molecule has 0 nitrogen and oxygen atoms in total. The third-order valence-corrected chi connectivity index (χ3v) is 2.59. The first-order chi connectivity index (χ1) is 4.91. The SMILES string of the molecule is CCC[CH2][Sn+3].[Cl-].[Cl-].[Cl-].c1ccsc1. The van der Waals surface area contributed by atoms with E-state index in [1.807, 2.05) is 22.9 Å². The van der Waals surface area contributed by atoms with E-state index in [9.17, 15) is 0 Å². The van der Waals surface area contributed by atoms with Crippen LogP contribution in [0.2, 0.25) is 4.44 Å². The maximum atomic E-state index is 2.23. The molecule has 0 spiro atoms. The number of hydrogen-bond acceptors (Lipinski definition) is 1. The van der Waals surface area contributed by atoms with Crippen molar-refractivity contribution in [2.45, 2.75) is 24.2 Å². The molecule has 0 saturated heterocycles. The summed E-state index contributed by atoms with van der Waals surface area (Å²) in [6, 6.07) is 4.04. The molecule has 0 amide bonds. The van der Waals surface area contributed by atoms with Crippen LogP contribution in [0.15, 0.2) is 22.9 Å². The zero-order valence-electron chi connectivity index (χ0n) is 7.47. The second-order valence-corrected chi connectivity index (χ2v) is 4.14. The van der Waals surface area contributed by atoms with Crippen LogP contribution in [-0.2, 0) is 0 Å². The van der Waals surface area contributed by atoms with Gasteiger partial charge in [-0.15, -0.1) is 0 Å². The van der Waals surface area contributed by atoms with E-state index in [0.29, 0.717) is 0 Å². The van der Waals surface area contributed by atoms with Gasteiger partial charge in [0, 0.05) is 0 Å². The van der Waals surface area contributed by atoms with Crippen LogP contribution in [0.5, 0.6) is 0 Å². The van der Waals surface area contributed by atoms with E-state index in [0.717, 1.165) is 0 Å². The van der Waals surface area contributed by atoms with Gasteiger partial charge >= 0.3 is 46.7 Å². The fourth-order valence-electron chi connectivity index (χ4n) is 0.404. The third-order valence-electron chi connectivity index (χ3n) is 0.956. The van der Waals surface area contributed by atoms with E-state index in [4.69, 9.17) is 0 Å². The van der Waals surface area contributed by atoms with Crippen molar-refractivity contribution in [2.24, 2.45) is 0 Å². The topological polar surface area (TPSA) is 0 Å². The van der Waals surface area contributed by atoms with Crippen molar-refractivity contribution in [3.05, 3.63) is 22.9 Å². The number of halogens is 3. The molecule has 0 aliphatic carbocycles. The second-order valence-electron chi connectivity index (χ2n) is 1.90. The molecule has 5 heteroatoms. The molecule has 1 heterocycles. The predicted octanol–water partition coefficient (Wildman–Crippen LogP) is -5.87. The molecule has 0 N–H and O–H groups in total. The monoisotopic (exact) mass is 366 g/mol. The zero-order valence-corrected chi connectivity index (χ0v) is 13.4. The molecular formula is C8H13Cl3SSn. The van der Waals surface area contributed by atoms with Crippen molar-refractivity contribution < 1.29 is 37.2 Å². The predicted molar refractivity (Wildman–Crippen MR) is 49.8 cm³/mol. The summed E-state index contributed by atoms with van der Waals surface area (Å²) in [6.07, 6.45) is 2.80. The van der Waals surface area contributed by atoms with Crippen molar-refractivity contribution in [1.82, 2.24) is 0 Å². The minimum absolute atomic E-state index is 0. The fraction of sp³-hybridized carbons (Fsp3) is 0.500. The minimum atomic E-state index is 0. The van der Waals surface area contributed by atoms with Gasteiger partial charge in [-0.25, -0.2) is 0 Å². The Morgan fingerprint density at radius 3 is 1.62 bits per heavy atom. The van der Waals surface area contributed by atoms with Gasteiger partial charge in [-0.2, -0.15) is 11.3 Å². The molecule has 0 aliphatic heterocycles. The van der Waals surface area contributed by atoms with Crippen LogP contribution in [0.4, 0.5) is 0 Å². The number of unbranched alkanes of at least 4 members (excludes halogenated alkanes) is 1. The molecule has 0 saturated carbocycles. The molecule has 0 unspecified atom stereocenters. The standard InChI is InChI=1S/C4H4S.C4H9.3ClH.Sn/c1-2-4-5-3-1;1-3-4-2;;;;/h1-4H;1,3-4H2,2H3;3*1H;/q;;;;;+3/p-3. The molecule has 0 bridgehead atoms. The van der Waals surface area contributed by atoms with Gasteiger partial charge in [0.2, 0.25) is 0 Å². The van der Waals surface area contributed by atoms with Gasteiger partial charge in [0.1, 0.15) is 0 Å². The quantitative estimate of drug-likeness (QED) is 0.458. The van der Waals surface area contributed by atoms with Crippen molar-refractivity contribution in [2.75, 3.05) is 0 Å². The Bertz CT molecular complexity index is 106. The average Bonchev–Trinajstić information content (AvgIpc) is 2.44. The Labute approximate surface area is 117 Å². The molecule has 76 valence electrons. The Morgan fingerprint density at radius 1 is 1.08 bits per heavy atom. The fourth-order valence-corrected chi connectivity index (χ4v) is 1.87. The van der Waals surface area contributed by atoms with Gasteiger partial charge < -0.3 is 37.2 Å². The summed E-state index contributed by atoms with van der Waals surface area (Å²) in [7, 11) is 0. The van der Waals surface area contributed by atoms with Crippen LogP contribution < -0.4 is 37.2 Å². The molecule has 0 aliphatic rings. The summed E-state index contributed by atoms with van der Waals surface area (Å²) in [5.74, 6) is 0. The molecular weight excluding hydrogens is 353 g/mol. The molecule has 1 aromatic rings. The van der Waals surface area contributed by atoms with Crippen molar-refractivity contribution >= 4 is 33.9 Å². The van der Waals surface area contributed by atoms with Crippen LogP contribution in [0, 0.1) is 0 Å². The van der Waals surface area contributed by atoms with E-state index in [1.54, 1.807) is 33.9 Å². The Morgan fingerprint density at radius 2 is 1.54 bits per heavy atom. The minimum Gasteiger partial charge on any atom is -1.00 e. The van der Waals surface area contributed by atoms with Gasteiger partial charge in [0.25, 0.3) is 0 Å². The Hall–Kier alpha value is 1.37. The van der Waals surface area contributed by atoms with Crippen LogP contribution in [0.3, 0.4) is 0 Å². The zero-order chi connectivity index (χ0) is 7.66. The number of hydrogen-bond donors (Lipinski definition) is 0. The summed E-state index contributed by atoms with van der Waals surface area (Å²) in [5.41, 5.74) is 0. The second kappa shape index (κ2) is 23.3. The van der Waals surface area contributed by atoms with E-state index >= 15 is 0 Å². The van der Waals surface area contributed by atoms with Crippen LogP contribution in [-0.4, -0.2) is 22.5 Å². The van der Waals surface area contributed by atoms with Gasteiger partial charge in [-0.05, 0) is 10.8 Å². The molecule has 0 atom stereocenters. The van der Waals surface area contributed by atoms with Crippen LogP contribution >= 0.6 is 11.3 Å². The largest absolute Gasteiger partial charge is 1.00 e. The molecule has 1 rings (SSSR count). The van der Waals surface area contributed by atoms with Gasteiger partial charge in [-0.3, -0.25) is 0 Å². The molecule has 0 fully saturated rings. The first-order valence-corrected chi connectivity index (χ1v) is 6.49. The van der Waals surface area contributed by atoms with Crippen LogP contribution in [0.25, 0.3) is 0 Å². The van der Waals surface area contributed by atoms with Crippen molar-refractivity contribution in [1.29, 1.82) is 0 Å². The summed E-state index contributed by atoms with van der Waals surface area (Å²) in [4.78, 5) is 0. The summed E-state index contributed by atoms with van der Waals surface area (Å²) >= 11 is 3.40. The summed E-state index contributed by atoms with van der Waals surface area (Å²) in [5, 5.41) is 4.08. The van der Waals surface area contributed by atoms with Gasteiger partial charge in [-0.1, -0.05) is 12.1 Å². The molecule has 0 aromatic carbocycles. The maximum Gasteiger partial charge on any atom is -0.00934 e. The van der Waals surface area contributed by atoms with Gasteiger partial charge in [0.15, 0.2) is 0 Å². The molecule has 0 radical (unpaired) electrons. The van der Waals surface area contributed by atoms with Gasteiger partial charge in [0.05, 0.1) is 0 Å². The first kappa shape index (κ1) is 23.9. The van der Waals surface area contributed by atoms with E-state index in [1.165, 1.54) is 17.3 Å². The smallest absolute Gasteiger partial charge is 0.00934 e. The Balaban J connectivity index is -0.0000000506. The summed E-state index contributed by atoms with van der Waals surface area (Å²) < 4.78 is 1.43. The third kappa shape index (κ3) is 24.7. The van der Waals surface area contributed by atoms with E-state index in [2.05, 4.69) is 6.92 Å². The first-order valence-electron chi connectivity index (χ1n) is 3.53. The molecule has 1 aromatic heterocycles. The maximum absolute atomic E-state index is 2.23. The van der Waals surface area contributed by atoms with E-state index in [-0.39, 0.29) is 37.2 Å². The van der Waals surface area contributed by atoms with E-state index < -0.39 is 0 Å². The Kier molecular flexibility index (Phi) is 42.8.